The zero-order valence-electron chi connectivity index (χ0n) is 33.1. The van der Waals surface area contributed by atoms with Gasteiger partial charge in [0.05, 0.1) is 25.4 Å². The van der Waals surface area contributed by atoms with E-state index in [9.17, 15) is 19.8 Å². The number of unbranched alkanes of at least 4 members (excludes halogenated alkanes) is 26. The highest BCUT2D eigenvalue weighted by molar-refractivity contribution is 5.76. The summed E-state index contributed by atoms with van der Waals surface area (Å²) >= 11 is 0. The molecule has 0 aliphatic heterocycles. The van der Waals surface area contributed by atoms with Gasteiger partial charge in [0.1, 0.15) is 0 Å². The zero-order valence-corrected chi connectivity index (χ0v) is 33.1. The molecular formula is C44H83NO5. The molecular weight excluding hydrogens is 622 g/mol. The second kappa shape index (κ2) is 40.1. The minimum Gasteiger partial charge on any atom is -0.466 e. The number of hydrogen-bond donors (Lipinski definition) is 3. The molecule has 0 heterocycles. The summed E-state index contributed by atoms with van der Waals surface area (Å²) in [5.74, 6) is -0.137. The molecule has 0 fully saturated rings. The van der Waals surface area contributed by atoms with E-state index >= 15 is 0 Å². The van der Waals surface area contributed by atoms with Crippen LogP contribution in [0, 0.1) is 0 Å². The van der Waals surface area contributed by atoms with E-state index in [1.807, 2.05) is 6.08 Å². The fraction of sp³-hybridized carbons (Fsp3) is 0.864. The van der Waals surface area contributed by atoms with Gasteiger partial charge in [-0.25, -0.2) is 0 Å². The summed E-state index contributed by atoms with van der Waals surface area (Å²) in [6, 6.07) is -0.645. The lowest BCUT2D eigenvalue weighted by Crippen LogP contribution is -2.45. The van der Waals surface area contributed by atoms with Gasteiger partial charge in [-0.3, -0.25) is 9.59 Å². The van der Waals surface area contributed by atoms with Crippen LogP contribution in [0.4, 0.5) is 0 Å². The number of carbonyl (C=O) groups excluding carboxylic acids is 2. The topological polar surface area (TPSA) is 95.9 Å². The van der Waals surface area contributed by atoms with Crippen molar-refractivity contribution in [3.8, 4) is 0 Å². The number of aliphatic hydroxyl groups excluding tert-OH is 2. The SMILES string of the molecule is CCCCCCCC/C=C\CCCCCCCC(=O)OCCCCCCCCCCCC(=O)NC(CO)C(O)/C=C/CCCCCCCCC. The largest absolute Gasteiger partial charge is 0.466 e. The molecule has 0 aliphatic rings. The van der Waals surface area contributed by atoms with E-state index in [1.165, 1.54) is 135 Å². The molecule has 1 amide bonds. The fourth-order valence-corrected chi connectivity index (χ4v) is 6.33. The standard InChI is InChI=1S/C44H83NO5/c1-3-5-7-9-11-13-14-15-16-17-18-22-26-30-34-38-44(49)50-39-35-31-27-23-19-21-25-29-33-37-43(48)45-41(40-46)42(47)36-32-28-24-20-12-10-8-6-4-2/h15-16,32,36,41-42,46-47H,3-14,17-31,33-35,37-40H2,1-2H3,(H,45,48)/b16-15-,36-32+. The number of carbonyl (C=O) groups is 2. The van der Waals surface area contributed by atoms with Gasteiger partial charge in [0.15, 0.2) is 0 Å². The Morgan fingerprint density at radius 1 is 0.540 bits per heavy atom. The van der Waals surface area contributed by atoms with Crippen molar-refractivity contribution in [2.75, 3.05) is 13.2 Å². The number of aliphatic hydroxyl groups is 2. The molecule has 0 spiro atoms. The molecule has 294 valence electrons. The number of nitrogens with one attached hydrogen (secondary N) is 1. The molecule has 0 radical (unpaired) electrons. The first-order valence-electron chi connectivity index (χ1n) is 21.6. The highest BCUT2D eigenvalue weighted by Crippen LogP contribution is 2.13. The number of esters is 1. The van der Waals surface area contributed by atoms with E-state index in [0.717, 1.165) is 57.8 Å². The van der Waals surface area contributed by atoms with E-state index in [2.05, 4.69) is 31.3 Å². The molecule has 0 bridgehead atoms. The van der Waals surface area contributed by atoms with Crippen LogP contribution in [0.3, 0.4) is 0 Å². The third-order valence-electron chi connectivity index (χ3n) is 9.72. The lowest BCUT2D eigenvalue weighted by molar-refractivity contribution is -0.143. The first-order valence-corrected chi connectivity index (χ1v) is 21.6. The summed E-state index contributed by atoms with van der Waals surface area (Å²) in [6.07, 6.45) is 44.5. The van der Waals surface area contributed by atoms with Crippen LogP contribution in [-0.2, 0) is 14.3 Å². The van der Waals surface area contributed by atoms with Crippen molar-refractivity contribution in [3.05, 3.63) is 24.3 Å². The van der Waals surface area contributed by atoms with E-state index in [-0.39, 0.29) is 18.5 Å². The van der Waals surface area contributed by atoms with Crippen molar-refractivity contribution >= 4 is 11.9 Å². The first kappa shape index (κ1) is 48.3. The van der Waals surface area contributed by atoms with Gasteiger partial charge in [-0.2, -0.15) is 0 Å². The minimum absolute atomic E-state index is 0.0368. The number of allylic oxidation sites excluding steroid dienone is 3. The van der Waals surface area contributed by atoms with Crippen molar-refractivity contribution in [1.29, 1.82) is 0 Å². The monoisotopic (exact) mass is 706 g/mol. The Hall–Kier alpha value is -1.66. The number of hydrogen-bond acceptors (Lipinski definition) is 5. The molecule has 0 aromatic heterocycles. The second-order valence-corrected chi connectivity index (χ2v) is 14.7. The summed E-state index contributed by atoms with van der Waals surface area (Å²) in [7, 11) is 0. The summed E-state index contributed by atoms with van der Waals surface area (Å²) in [4.78, 5) is 24.3. The predicted molar refractivity (Wildman–Crippen MR) is 213 cm³/mol. The van der Waals surface area contributed by atoms with E-state index in [1.54, 1.807) is 6.08 Å². The van der Waals surface area contributed by atoms with Gasteiger partial charge in [0.25, 0.3) is 0 Å². The van der Waals surface area contributed by atoms with Crippen LogP contribution in [0.5, 0.6) is 0 Å². The summed E-state index contributed by atoms with van der Waals surface area (Å²) in [5.41, 5.74) is 0. The first-order chi connectivity index (χ1) is 24.5. The quantitative estimate of drug-likeness (QED) is 0.0336. The average Bonchev–Trinajstić information content (AvgIpc) is 3.11. The van der Waals surface area contributed by atoms with Crippen molar-refractivity contribution < 1.29 is 24.5 Å². The fourth-order valence-electron chi connectivity index (χ4n) is 6.33. The highest BCUT2D eigenvalue weighted by Gasteiger charge is 2.18. The van der Waals surface area contributed by atoms with Crippen LogP contribution in [0.15, 0.2) is 24.3 Å². The normalized spacial score (nSPS) is 13.0. The Kier molecular flexibility index (Phi) is 38.8. The molecule has 6 nitrogen and oxygen atoms in total. The maximum atomic E-state index is 12.3. The second-order valence-electron chi connectivity index (χ2n) is 14.7. The van der Waals surface area contributed by atoms with Gasteiger partial charge < -0.3 is 20.3 Å². The van der Waals surface area contributed by atoms with Gasteiger partial charge in [-0.1, -0.05) is 173 Å². The van der Waals surface area contributed by atoms with Crippen molar-refractivity contribution in [2.24, 2.45) is 0 Å². The zero-order chi connectivity index (χ0) is 36.6. The highest BCUT2D eigenvalue weighted by atomic mass is 16.5. The molecule has 0 rings (SSSR count). The maximum absolute atomic E-state index is 12.3. The molecule has 2 atom stereocenters. The van der Waals surface area contributed by atoms with Crippen LogP contribution in [0.25, 0.3) is 0 Å². The Labute approximate surface area is 310 Å². The molecule has 50 heavy (non-hydrogen) atoms. The number of rotatable bonds is 39. The van der Waals surface area contributed by atoms with Gasteiger partial charge in [0.2, 0.25) is 5.91 Å². The van der Waals surface area contributed by atoms with Crippen LogP contribution < -0.4 is 5.32 Å². The molecule has 3 N–H and O–H groups in total. The van der Waals surface area contributed by atoms with Crippen molar-refractivity contribution in [1.82, 2.24) is 5.32 Å². The predicted octanol–water partition coefficient (Wildman–Crippen LogP) is 12.0. The van der Waals surface area contributed by atoms with Crippen LogP contribution in [0.2, 0.25) is 0 Å². The summed E-state index contributed by atoms with van der Waals surface area (Å²) in [6.45, 7) is 4.78. The van der Waals surface area contributed by atoms with Gasteiger partial charge in [-0.05, 0) is 57.8 Å². The molecule has 0 aliphatic carbocycles. The molecule has 0 aromatic rings. The molecule has 2 unspecified atom stereocenters. The van der Waals surface area contributed by atoms with Crippen LogP contribution >= 0.6 is 0 Å². The molecule has 6 heteroatoms. The van der Waals surface area contributed by atoms with Crippen molar-refractivity contribution in [3.63, 3.8) is 0 Å². The smallest absolute Gasteiger partial charge is 0.305 e. The van der Waals surface area contributed by atoms with E-state index in [4.69, 9.17) is 4.74 Å². The third-order valence-corrected chi connectivity index (χ3v) is 9.72. The number of ether oxygens (including phenoxy) is 1. The lowest BCUT2D eigenvalue weighted by atomic mass is 10.1. The third kappa shape index (κ3) is 36.1. The van der Waals surface area contributed by atoms with Gasteiger partial charge in [0, 0.05) is 12.8 Å². The minimum atomic E-state index is -0.859. The van der Waals surface area contributed by atoms with Crippen LogP contribution in [-0.4, -0.2) is 47.4 Å². The van der Waals surface area contributed by atoms with Gasteiger partial charge in [-0.15, -0.1) is 0 Å². The van der Waals surface area contributed by atoms with Crippen molar-refractivity contribution in [2.45, 2.75) is 231 Å². The average molecular weight is 706 g/mol. The molecule has 0 saturated heterocycles. The number of amides is 1. The molecule has 0 aromatic carbocycles. The lowest BCUT2D eigenvalue weighted by Gasteiger charge is -2.20. The van der Waals surface area contributed by atoms with E-state index in [0.29, 0.717) is 19.4 Å². The Morgan fingerprint density at radius 3 is 1.42 bits per heavy atom. The summed E-state index contributed by atoms with van der Waals surface area (Å²) in [5, 5.41) is 22.8. The Morgan fingerprint density at radius 2 is 0.940 bits per heavy atom. The van der Waals surface area contributed by atoms with E-state index < -0.39 is 12.1 Å². The Balaban J connectivity index is 3.52. The maximum Gasteiger partial charge on any atom is 0.305 e. The Bertz CT molecular complexity index is 782. The summed E-state index contributed by atoms with van der Waals surface area (Å²) < 4.78 is 5.43. The van der Waals surface area contributed by atoms with Crippen LogP contribution in [0.1, 0.15) is 219 Å². The van der Waals surface area contributed by atoms with Gasteiger partial charge >= 0.3 is 5.97 Å². The molecule has 0 saturated carbocycles.